The molecular weight excluding hydrogens is 308 g/mol. The SMILES string of the molecule is N#CCCNc1ccc(S(=O)(=O)N2CCCC2)cc1[N+](=O)[O-]. The van der Waals surface area contributed by atoms with E-state index in [-0.39, 0.29) is 29.2 Å². The summed E-state index contributed by atoms with van der Waals surface area (Å²) in [5.41, 5.74) is -0.0983. The second kappa shape index (κ2) is 6.72. The Morgan fingerprint density at radius 2 is 2.05 bits per heavy atom. The van der Waals surface area contributed by atoms with Crippen molar-refractivity contribution in [3.8, 4) is 6.07 Å². The van der Waals surface area contributed by atoms with Crippen LogP contribution >= 0.6 is 0 Å². The minimum Gasteiger partial charge on any atom is -0.378 e. The van der Waals surface area contributed by atoms with Crippen LogP contribution in [0.3, 0.4) is 0 Å². The summed E-state index contributed by atoms with van der Waals surface area (Å²) in [7, 11) is -3.69. The molecule has 1 aromatic rings. The van der Waals surface area contributed by atoms with Crippen molar-refractivity contribution < 1.29 is 13.3 Å². The minimum absolute atomic E-state index is 0.0769. The van der Waals surface area contributed by atoms with Crippen LogP contribution in [0.15, 0.2) is 23.1 Å². The van der Waals surface area contributed by atoms with E-state index >= 15 is 0 Å². The molecule has 0 atom stereocenters. The molecule has 1 N–H and O–H groups in total. The average Bonchev–Trinajstić information content (AvgIpc) is 3.02. The van der Waals surface area contributed by atoms with Crippen LogP contribution in [-0.2, 0) is 10.0 Å². The summed E-state index contributed by atoms with van der Waals surface area (Å²) in [5.74, 6) is 0. The highest BCUT2D eigenvalue weighted by Crippen LogP contribution is 2.30. The highest BCUT2D eigenvalue weighted by Gasteiger charge is 2.29. The van der Waals surface area contributed by atoms with E-state index in [1.807, 2.05) is 6.07 Å². The van der Waals surface area contributed by atoms with Gasteiger partial charge in [0.05, 0.1) is 22.3 Å². The molecule has 0 unspecified atom stereocenters. The van der Waals surface area contributed by atoms with Gasteiger partial charge in [0.1, 0.15) is 5.69 Å². The standard InChI is InChI=1S/C13H16N4O4S/c14-6-3-7-15-12-5-4-11(10-13(12)17(18)19)22(20,21)16-8-1-2-9-16/h4-5,10,15H,1-3,7-9H2. The van der Waals surface area contributed by atoms with Crippen LogP contribution < -0.4 is 5.32 Å². The number of nitriles is 1. The van der Waals surface area contributed by atoms with Crippen LogP contribution in [0.4, 0.5) is 11.4 Å². The minimum atomic E-state index is -3.69. The zero-order chi connectivity index (χ0) is 16.2. The molecule has 9 heteroatoms. The number of nitro groups is 1. The summed E-state index contributed by atoms with van der Waals surface area (Å²) in [6, 6.07) is 5.73. The quantitative estimate of drug-likeness (QED) is 0.483. The number of nitro benzene ring substituents is 1. The van der Waals surface area contributed by atoms with Crippen molar-refractivity contribution >= 4 is 21.4 Å². The molecule has 0 aliphatic carbocycles. The molecule has 1 saturated heterocycles. The number of anilines is 1. The van der Waals surface area contributed by atoms with Gasteiger partial charge in [-0.15, -0.1) is 0 Å². The van der Waals surface area contributed by atoms with Gasteiger partial charge in [-0.2, -0.15) is 9.57 Å². The Kier molecular flexibility index (Phi) is 4.95. The van der Waals surface area contributed by atoms with Crippen molar-refractivity contribution in [1.29, 1.82) is 5.26 Å². The summed E-state index contributed by atoms with van der Waals surface area (Å²) in [5, 5.41) is 22.4. The van der Waals surface area contributed by atoms with Crippen molar-refractivity contribution in [2.45, 2.75) is 24.2 Å². The highest BCUT2D eigenvalue weighted by molar-refractivity contribution is 7.89. The number of sulfonamides is 1. The molecule has 8 nitrogen and oxygen atoms in total. The first-order valence-corrected chi connectivity index (χ1v) is 8.30. The van der Waals surface area contributed by atoms with E-state index in [1.165, 1.54) is 16.4 Å². The molecule has 1 fully saturated rings. The van der Waals surface area contributed by atoms with Gasteiger partial charge in [-0.25, -0.2) is 8.42 Å². The van der Waals surface area contributed by atoms with Gasteiger partial charge in [0, 0.05) is 25.7 Å². The van der Waals surface area contributed by atoms with E-state index in [4.69, 9.17) is 5.26 Å². The molecule has 0 bridgehead atoms. The lowest BCUT2D eigenvalue weighted by Gasteiger charge is -2.16. The molecule has 0 spiro atoms. The number of nitrogens with zero attached hydrogens (tertiary/aromatic N) is 3. The summed E-state index contributed by atoms with van der Waals surface area (Å²) < 4.78 is 26.2. The molecule has 1 heterocycles. The maximum atomic E-state index is 12.4. The molecule has 1 aliphatic rings. The Labute approximate surface area is 128 Å². The van der Waals surface area contributed by atoms with Gasteiger partial charge in [0.15, 0.2) is 0 Å². The maximum Gasteiger partial charge on any atom is 0.293 e. The lowest BCUT2D eigenvalue weighted by Crippen LogP contribution is -2.27. The molecule has 0 aromatic heterocycles. The van der Waals surface area contributed by atoms with Crippen LogP contribution in [-0.4, -0.2) is 37.3 Å². The third kappa shape index (κ3) is 3.35. The summed E-state index contributed by atoms with van der Waals surface area (Å²) in [6.07, 6.45) is 1.80. The molecule has 1 aliphatic heterocycles. The third-order valence-corrected chi connectivity index (χ3v) is 5.32. The van der Waals surface area contributed by atoms with Crippen LogP contribution in [0.2, 0.25) is 0 Å². The first kappa shape index (κ1) is 16.2. The number of rotatable bonds is 6. The molecular formula is C13H16N4O4S. The average molecular weight is 324 g/mol. The van der Waals surface area contributed by atoms with Gasteiger partial charge >= 0.3 is 0 Å². The Balaban J connectivity index is 2.33. The normalized spacial score (nSPS) is 15.4. The highest BCUT2D eigenvalue weighted by atomic mass is 32.2. The van der Waals surface area contributed by atoms with E-state index < -0.39 is 14.9 Å². The summed E-state index contributed by atoms with van der Waals surface area (Å²) in [4.78, 5) is 10.4. The predicted molar refractivity (Wildman–Crippen MR) is 79.8 cm³/mol. The van der Waals surface area contributed by atoms with Gasteiger partial charge in [-0.05, 0) is 25.0 Å². The van der Waals surface area contributed by atoms with E-state index in [0.29, 0.717) is 13.1 Å². The van der Waals surface area contributed by atoms with E-state index in [1.54, 1.807) is 0 Å². The summed E-state index contributed by atoms with van der Waals surface area (Å²) in [6.45, 7) is 1.15. The molecule has 0 saturated carbocycles. The Hall–Kier alpha value is -2.18. The Morgan fingerprint density at radius 3 is 2.64 bits per heavy atom. The molecule has 2 rings (SSSR count). The monoisotopic (exact) mass is 324 g/mol. The number of hydrogen-bond acceptors (Lipinski definition) is 6. The van der Waals surface area contributed by atoms with Crippen molar-refractivity contribution in [1.82, 2.24) is 4.31 Å². The van der Waals surface area contributed by atoms with Crippen LogP contribution in [0.1, 0.15) is 19.3 Å². The smallest absolute Gasteiger partial charge is 0.293 e. The number of hydrogen-bond donors (Lipinski definition) is 1. The number of benzene rings is 1. The largest absolute Gasteiger partial charge is 0.378 e. The fourth-order valence-corrected chi connectivity index (χ4v) is 3.84. The van der Waals surface area contributed by atoms with E-state index in [2.05, 4.69) is 5.32 Å². The van der Waals surface area contributed by atoms with Gasteiger partial charge in [-0.3, -0.25) is 10.1 Å². The van der Waals surface area contributed by atoms with Crippen molar-refractivity contribution in [3.63, 3.8) is 0 Å². The molecule has 22 heavy (non-hydrogen) atoms. The van der Waals surface area contributed by atoms with Gasteiger partial charge in [0.2, 0.25) is 10.0 Å². The Morgan fingerprint density at radius 1 is 1.36 bits per heavy atom. The van der Waals surface area contributed by atoms with Crippen molar-refractivity contribution in [3.05, 3.63) is 28.3 Å². The topological polar surface area (TPSA) is 116 Å². The van der Waals surface area contributed by atoms with Gasteiger partial charge in [-0.1, -0.05) is 0 Å². The fourth-order valence-electron chi connectivity index (χ4n) is 2.30. The Bertz CT molecular complexity index is 705. The zero-order valence-corrected chi connectivity index (χ0v) is 12.7. The number of nitrogens with one attached hydrogen (secondary N) is 1. The first-order chi connectivity index (χ1) is 10.5. The van der Waals surface area contributed by atoms with Crippen molar-refractivity contribution in [2.75, 3.05) is 25.0 Å². The second-order valence-electron chi connectivity index (χ2n) is 4.88. The summed E-state index contributed by atoms with van der Waals surface area (Å²) >= 11 is 0. The lowest BCUT2D eigenvalue weighted by atomic mass is 10.2. The molecule has 1 aromatic carbocycles. The van der Waals surface area contributed by atoms with Crippen LogP contribution in [0.5, 0.6) is 0 Å². The maximum absolute atomic E-state index is 12.4. The van der Waals surface area contributed by atoms with E-state index in [9.17, 15) is 18.5 Å². The van der Waals surface area contributed by atoms with Gasteiger partial charge in [0.25, 0.3) is 5.69 Å². The van der Waals surface area contributed by atoms with Crippen molar-refractivity contribution in [2.24, 2.45) is 0 Å². The lowest BCUT2D eigenvalue weighted by molar-refractivity contribution is -0.384. The molecule has 0 radical (unpaired) electrons. The fraction of sp³-hybridized carbons (Fsp3) is 0.462. The predicted octanol–water partition coefficient (Wildman–Crippen LogP) is 1.70. The van der Waals surface area contributed by atoms with Gasteiger partial charge < -0.3 is 5.32 Å². The molecule has 118 valence electrons. The zero-order valence-electron chi connectivity index (χ0n) is 11.9. The van der Waals surface area contributed by atoms with Crippen LogP contribution in [0.25, 0.3) is 0 Å². The first-order valence-electron chi connectivity index (χ1n) is 6.86. The second-order valence-corrected chi connectivity index (χ2v) is 6.82. The van der Waals surface area contributed by atoms with Crippen LogP contribution in [0, 0.1) is 21.4 Å². The third-order valence-electron chi connectivity index (χ3n) is 3.42. The molecule has 0 amide bonds. The van der Waals surface area contributed by atoms with E-state index in [0.717, 1.165) is 18.9 Å².